The minimum Gasteiger partial charge on any atom is -0.462 e. The van der Waals surface area contributed by atoms with E-state index in [-0.39, 0.29) is 11.5 Å². The summed E-state index contributed by atoms with van der Waals surface area (Å²) < 4.78 is 6.74. The van der Waals surface area contributed by atoms with Gasteiger partial charge in [-0.1, -0.05) is 6.42 Å². The zero-order valence-corrected chi connectivity index (χ0v) is 10.1. The Morgan fingerprint density at radius 2 is 2.18 bits per heavy atom. The van der Waals surface area contributed by atoms with Crippen LogP contribution in [0.3, 0.4) is 0 Å². The van der Waals surface area contributed by atoms with Crippen LogP contribution in [0.4, 0.5) is 0 Å². The topological polar surface area (TPSA) is 48.3 Å². The first-order chi connectivity index (χ1) is 8.24. The third-order valence-electron chi connectivity index (χ3n) is 3.09. The Morgan fingerprint density at radius 1 is 1.35 bits per heavy atom. The summed E-state index contributed by atoms with van der Waals surface area (Å²) in [5, 5.41) is 0. The van der Waals surface area contributed by atoms with Gasteiger partial charge in [-0.25, -0.2) is 4.79 Å². The van der Waals surface area contributed by atoms with E-state index in [9.17, 15) is 9.59 Å². The van der Waals surface area contributed by atoms with Gasteiger partial charge in [0.1, 0.15) is 0 Å². The molecule has 0 saturated heterocycles. The molecular formula is C13H17NO3. The van der Waals surface area contributed by atoms with Crippen molar-refractivity contribution in [3.05, 3.63) is 33.7 Å². The number of aromatic nitrogens is 1. The van der Waals surface area contributed by atoms with Crippen LogP contribution < -0.4 is 5.56 Å². The van der Waals surface area contributed by atoms with Crippen molar-refractivity contribution in [3.8, 4) is 0 Å². The van der Waals surface area contributed by atoms with Gasteiger partial charge in [0.15, 0.2) is 0 Å². The van der Waals surface area contributed by atoms with Crippen LogP contribution in [-0.4, -0.2) is 17.1 Å². The third kappa shape index (κ3) is 2.40. The molecule has 0 aliphatic carbocycles. The summed E-state index contributed by atoms with van der Waals surface area (Å²) in [6.07, 6.45) is 3.91. The summed E-state index contributed by atoms with van der Waals surface area (Å²) in [5.41, 5.74) is 1.37. The Bertz CT molecular complexity index is 476. The van der Waals surface area contributed by atoms with Crippen molar-refractivity contribution >= 4 is 5.97 Å². The lowest BCUT2D eigenvalue weighted by molar-refractivity contribution is 0.0523. The summed E-state index contributed by atoms with van der Waals surface area (Å²) in [5.74, 6) is -0.321. The Hall–Kier alpha value is -1.58. The fraction of sp³-hybridized carbons (Fsp3) is 0.538. The van der Waals surface area contributed by atoms with Gasteiger partial charge >= 0.3 is 5.97 Å². The van der Waals surface area contributed by atoms with Gasteiger partial charge in [0.2, 0.25) is 0 Å². The smallest absolute Gasteiger partial charge is 0.339 e. The van der Waals surface area contributed by atoms with Crippen LogP contribution in [-0.2, 0) is 17.7 Å². The molecule has 0 bridgehead atoms. The van der Waals surface area contributed by atoms with Crippen LogP contribution in [0.2, 0.25) is 0 Å². The number of carbonyl (C=O) groups excluding carboxylic acids is 1. The molecule has 0 spiro atoms. The fourth-order valence-corrected chi connectivity index (χ4v) is 2.27. The minimum absolute atomic E-state index is 0.0186. The van der Waals surface area contributed by atoms with Crippen LogP contribution in [0.5, 0.6) is 0 Å². The third-order valence-corrected chi connectivity index (χ3v) is 3.09. The molecule has 1 aliphatic heterocycles. The van der Waals surface area contributed by atoms with E-state index in [1.165, 1.54) is 6.07 Å². The van der Waals surface area contributed by atoms with E-state index in [0.717, 1.165) is 31.4 Å². The quantitative estimate of drug-likeness (QED) is 0.734. The van der Waals surface area contributed by atoms with Gasteiger partial charge in [-0.05, 0) is 32.3 Å². The number of carbonyl (C=O) groups is 1. The first kappa shape index (κ1) is 11.9. The number of fused-ring (bicyclic) bond motifs is 1. The molecule has 1 aromatic rings. The van der Waals surface area contributed by atoms with E-state index >= 15 is 0 Å². The summed E-state index contributed by atoms with van der Waals surface area (Å²) in [7, 11) is 0. The average Bonchev–Trinajstić information content (AvgIpc) is 2.56. The Labute approximate surface area is 100 Å². The second kappa shape index (κ2) is 5.17. The van der Waals surface area contributed by atoms with E-state index < -0.39 is 0 Å². The normalized spacial score (nSPS) is 14.9. The van der Waals surface area contributed by atoms with Gasteiger partial charge in [-0.3, -0.25) is 4.79 Å². The van der Waals surface area contributed by atoms with Gasteiger partial charge in [0.05, 0.1) is 12.2 Å². The lowest BCUT2D eigenvalue weighted by atomic mass is 10.1. The Kier molecular flexibility index (Phi) is 3.61. The standard InChI is InChI=1S/C13H17NO3/c1-2-17-13(16)10-7-8-12(15)14-9-5-3-4-6-11(10)14/h7-8H,2-6,9H2,1H3. The van der Waals surface area contributed by atoms with Crippen molar-refractivity contribution in [2.24, 2.45) is 0 Å². The number of nitrogens with zero attached hydrogens (tertiary/aromatic N) is 1. The predicted molar refractivity (Wildman–Crippen MR) is 64.2 cm³/mol. The number of ether oxygens (including phenoxy) is 1. The monoisotopic (exact) mass is 235 g/mol. The highest BCUT2D eigenvalue weighted by Gasteiger charge is 2.18. The minimum atomic E-state index is -0.321. The molecular weight excluding hydrogens is 218 g/mol. The van der Waals surface area contributed by atoms with Crippen LogP contribution in [0, 0.1) is 0 Å². The molecule has 0 atom stereocenters. The number of hydrogen-bond donors (Lipinski definition) is 0. The first-order valence-electron chi connectivity index (χ1n) is 6.14. The fourth-order valence-electron chi connectivity index (χ4n) is 2.27. The van der Waals surface area contributed by atoms with Crippen molar-refractivity contribution in [3.63, 3.8) is 0 Å². The Morgan fingerprint density at radius 3 is 2.94 bits per heavy atom. The van der Waals surface area contributed by atoms with Crippen LogP contribution in [0.25, 0.3) is 0 Å². The molecule has 2 heterocycles. The van der Waals surface area contributed by atoms with E-state index in [4.69, 9.17) is 4.74 Å². The van der Waals surface area contributed by atoms with Crippen molar-refractivity contribution in [1.82, 2.24) is 4.57 Å². The molecule has 0 radical (unpaired) electrons. The molecule has 0 saturated carbocycles. The predicted octanol–water partition coefficient (Wildman–Crippen LogP) is 1.75. The van der Waals surface area contributed by atoms with E-state index in [0.29, 0.717) is 18.7 Å². The zero-order valence-electron chi connectivity index (χ0n) is 10.1. The average molecular weight is 235 g/mol. The molecule has 92 valence electrons. The van der Waals surface area contributed by atoms with Gasteiger partial charge in [0, 0.05) is 18.3 Å². The van der Waals surface area contributed by atoms with Crippen LogP contribution in [0.1, 0.15) is 42.2 Å². The second-order valence-electron chi connectivity index (χ2n) is 4.21. The van der Waals surface area contributed by atoms with Gasteiger partial charge in [-0.15, -0.1) is 0 Å². The molecule has 17 heavy (non-hydrogen) atoms. The second-order valence-corrected chi connectivity index (χ2v) is 4.21. The molecule has 0 amide bonds. The maximum Gasteiger partial charge on any atom is 0.339 e. The lowest BCUT2D eigenvalue weighted by Crippen LogP contribution is -2.25. The highest BCUT2D eigenvalue weighted by molar-refractivity contribution is 5.90. The largest absolute Gasteiger partial charge is 0.462 e. The van der Waals surface area contributed by atoms with Crippen molar-refractivity contribution in [2.45, 2.75) is 39.2 Å². The SMILES string of the molecule is CCOC(=O)c1ccc(=O)n2c1CCCCC2. The van der Waals surface area contributed by atoms with Gasteiger partial charge < -0.3 is 9.30 Å². The number of hydrogen-bond acceptors (Lipinski definition) is 3. The summed E-state index contributed by atoms with van der Waals surface area (Å²) >= 11 is 0. The van der Waals surface area contributed by atoms with Crippen molar-refractivity contribution in [1.29, 1.82) is 0 Å². The molecule has 2 rings (SSSR count). The zero-order chi connectivity index (χ0) is 12.3. The molecule has 4 nitrogen and oxygen atoms in total. The molecule has 1 aliphatic rings. The molecule has 0 aromatic carbocycles. The van der Waals surface area contributed by atoms with E-state index in [1.807, 2.05) is 0 Å². The van der Waals surface area contributed by atoms with Gasteiger partial charge in [0.25, 0.3) is 5.56 Å². The Balaban J connectivity index is 2.47. The van der Waals surface area contributed by atoms with Crippen molar-refractivity contribution < 1.29 is 9.53 Å². The highest BCUT2D eigenvalue weighted by Crippen LogP contribution is 2.17. The maximum absolute atomic E-state index is 11.8. The summed E-state index contributed by atoms with van der Waals surface area (Å²) in [6, 6.07) is 3.05. The van der Waals surface area contributed by atoms with Crippen molar-refractivity contribution in [2.75, 3.05) is 6.61 Å². The maximum atomic E-state index is 11.8. The van der Waals surface area contributed by atoms with Crippen LogP contribution in [0.15, 0.2) is 16.9 Å². The number of pyridine rings is 1. The number of esters is 1. The molecule has 0 unspecified atom stereocenters. The molecule has 1 aromatic heterocycles. The lowest BCUT2D eigenvalue weighted by Gasteiger charge is -2.13. The van der Waals surface area contributed by atoms with E-state index in [2.05, 4.69) is 0 Å². The summed E-state index contributed by atoms with van der Waals surface area (Å²) in [6.45, 7) is 2.85. The highest BCUT2D eigenvalue weighted by atomic mass is 16.5. The van der Waals surface area contributed by atoms with E-state index in [1.54, 1.807) is 17.6 Å². The summed E-state index contributed by atoms with van der Waals surface area (Å²) in [4.78, 5) is 23.6. The molecule has 0 fully saturated rings. The van der Waals surface area contributed by atoms with Gasteiger partial charge in [-0.2, -0.15) is 0 Å². The molecule has 0 N–H and O–H groups in total. The molecule has 4 heteroatoms. The number of rotatable bonds is 2. The van der Waals surface area contributed by atoms with Crippen LogP contribution >= 0.6 is 0 Å². The first-order valence-corrected chi connectivity index (χ1v) is 6.14.